The number of allylic oxidation sites excluding steroid dienone is 1. The van der Waals surface area contributed by atoms with E-state index in [2.05, 4.69) is 9.97 Å². The first-order valence-corrected chi connectivity index (χ1v) is 7.18. The first-order valence-electron chi connectivity index (χ1n) is 7.18. The van der Waals surface area contributed by atoms with Gasteiger partial charge in [0.25, 0.3) is 0 Å². The number of nitrogens with zero attached hydrogens (tertiary/aromatic N) is 4. The fourth-order valence-electron chi connectivity index (χ4n) is 2.41. The van der Waals surface area contributed by atoms with E-state index in [1.165, 1.54) is 7.11 Å². The number of rotatable bonds is 3. The largest absolute Gasteiger partial charge is 0.494 e. The summed E-state index contributed by atoms with van der Waals surface area (Å²) in [7, 11) is 1.44. The lowest BCUT2D eigenvalue weighted by atomic mass is 10.1. The Hall–Kier alpha value is -3.70. The Balaban J connectivity index is 2.16. The number of aromatic nitrogens is 2. The summed E-state index contributed by atoms with van der Waals surface area (Å²) in [5.41, 5.74) is 2.83. The lowest BCUT2D eigenvalue weighted by Crippen LogP contribution is -1.94. The molecule has 3 rings (SSSR count). The van der Waals surface area contributed by atoms with Gasteiger partial charge in [0.05, 0.1) is 24.0 Å². The molecule has 0 amide bonds. The van der Waals surface area contributed by atoms with Gasteiger partial charge in [0.15, 0.2) is 11.3 Å². The molecule has 0 unspecified atom stereocenters. The summed E-state index contributed by atoms with van der Waals surface area (Å²) in [5.74, 6) is 0.243. The van der Waals surface area contributed by atoms with Crippen molar-refractivity contribution in [1.82, 2.24) is 9.97 Å². The molecule has 0 radical (unpaired) electrons. The van der Waals surface area contributed by atoms with E-state index in [0.717, 1.165) is 22.3 Å². The van der Waals surface area contributed by atoms with Crippen molar-refractivity contribution in [2.75, 3.05) is 7.11 Å². The third kappa shape index (κ3) is 2.79. The van der Waals surface area contributed by atoms with Gasteiger partial charge in [0.1, 0.15) is 12.1 Å². The molecule has 0 saturated carbocycles. The average molecular weight is 312 g/mol. The second-order valence-electron chi connectivity index (χ2n) is 4.95. The average Bonchev–Trinajstić information content (AvgIpc) is 2.65. The van der Waals surface area contributed by atoms with Crippen LogP contribution in [0.4, 0.5) is 0 Å². The molecular formula is C19H12N4O. The number of methoxy groups -OCH3 is 1. The third-order valence-corrected chi connectivity index (χ3v) is 3.54. The number of hydrogen-bond acceptors (Lipinski definition) is 5. The molecule has 3 aromatic rings. The number of hydrogen-bond donors (Lipinski definition) is 0. The van der Waals surface area contributed by atoms with Crippen LogP contribution in [0.15, 0.2) is 60.3 Å². The van der Waals surface area contributed by atoms with Crippen molar-refractivity contribution in [1.29, 1.82) is 10.5 Å². The van der Waals surface area contributed by atoms with Crippen LogP contribution in [-0.4, -0.2) is 17.1 Å². The predicted octanol–water partition coefficient (Wildman–Crippen LogP) is 3.70. The van der Waals surface area contributed by atoms with Crippen LogP contribution in [0.25, 0.3) is 28.0 Å². The number of benzene rings is 1. The summed E-state index contributed by atoms with van der Waals surface area (Å²) < 4.78 is 5.24. The van der Waals surface area contributed by atoms with Crippen LogP contribution in [0, 0.1) is 22.7 Å². The predicted molar refractivity (Wildman–Crippen MR) is 90.1 cm³/mol. The lowest BCUT2D eigenvalue weighted by molar-refractivity contribution is 0.369. The first kappa shape index (κ1) is 15.2. The number of pyridine rings is 2. The number of nitriles is 2. The van der Waals surface area contributed by atoms with Gasteiger partial charge in [-0.05, 0) is 24.3 Å². The molecule has 0 spiro atoms. The maximum Gasteiger partial charge on any atom is 0.172 e. The molecule has 0 N–H and O–H groups in total. The lowest BCUT2D eigenvalue weighted by Gasteiger charge is -2.08. The quantitative estimate of drug-likeness (QED) is 0.544. The molecule has 0 atom stereocenters. The van der Waals surface area contributed by atoms with Crippen molar-refractivity contribution < 1.29 is 4.74 Å². The zero-order valence-electron chi connectivity index (χ0n) is 12.9. The van der Waals surface area contributed by atoms with Crippen LogP contribution in [0.1, 0.15) is 5.56 Å². The molecule has 114 valence electrons. The Bertz CT molecular complexity index is 995. The normalized spacial score (nSPS) is 9.79. The van der Waals surface area contributed by atoms with Crippen molar-refractivity contribution in [3.63, 3.8) is 0 Å². The second kappa shape index (κ2) is 6.60. The van der Waals surface area contributed by atoms with Crippen LogP contribution < -0.4 is 0 Å². The SMILES string of the molecule is COC(=C(C#N)C#N)c1ccc2ccc(-c3ccccn3)nc2c1. The molecule has 5 heteroatoms. The van der Waals surface area contributed by atoms with Crippen molar-refractivity contribution in [2.24, 2.45) is 0 Å². The summed E-state index contributed by atoms with van der Waals surface area (Å²) >= 11 is 0. The Morgan fingerprint density at radius 1 is 1.00 bits per heavy atom. The van der Waals surface area contributed by atoms with E-state index in [1.807, 2.05) is 48.5 Å². The molecule has 0 aliphatic carbocycles. The standard InChI is InChI=1S/C19H12N4O/c1-24-19(15(11-20)12-21)14-6-5-13-7-8-17(23-18(13)10-14)16-4-2-3-9-22-16/h2-10H,1H3. The minimum absolute atomic E-state index is 0.0715. The van der Waals surface area contributed by atoms with Crippen LogP contribution >= 0.6 is 0 Å². The molecule has 2 heterocycles. The van der Waals surface area contributed by atoms with E-state index in [1.54, 1.807) is 18.3 Å². The van der Waals surface area contributed by atoms with Crippen LogP contribution in [0.5, 0.6) is 0 Å². The van der Waals surface area contributed by atoms with Crippen molar-refractivity contribution in [2.45, 2.75) is 0 Å². The molecule has 0 bridgehead atoms. The van der Waals surface area contributed by atoms with Gasteiger partial charge >= 0.3 is 0 Å². The number of fused-ring (bicyclic) bond motifs is 1. The molecule has 2 aromatic heterocycles. The van der Waals surface area contributed by atoms with Crippen molar-refractivity contribution in [3.05, 3.63) is 65.9 Å². The molecule has 1 aromatic carbocycles. The summed E-state index contributed by atoms with van der Waals surface area (Å²) in [6, 6.07) is 18.7. The van der Waals surface area contributed by atoms with E-state index >= 15 is 0 Å². The molecule has 0 aliphatic heterocycles. The maximum atomic E-state index is 9.06. The molecule has 24 heavy (non-hydrogen) atoms. The van der Waals surface area contributed by atoms with E-state index in [9.17, 15) is 0 Å². The summed E-state index contributed by atoms with van der Waals surface area (Å²) in [6.07, 6.45) is 1.72. The highest BCUT2D eigenvalue weighted by Gasteiger charge is 2.11. The monoisotopic (exact) mass is 312 g/mol. The molecule has 0 fully saturated rings. The van der Waals surface area contributed by atoms with Gasteiger partial charge in [0, 0.05) is 17.1 Å². The zero-order chi connectivity index (χ0) is 16.9. The van der Waals surface area contributed by atoms with E-state index in [-0.39, 0.29) is 11.3 Å². The van der Waals surface area contributed by atoms with Gasteiger partial charge in [-0.3, -0.25) is 4.98 Å². The zero-order valence-corrected chi connectivity index (χ0v) is 12.9. The summed E-state index contributed by atoms with van der Waals surface area (Å²) in [5, 5.41) is 19.1. The second-order valence-corrected chi connectivity index (χ2v) is 4.95. The Morgan fingerprint density at radius 3 is 2.46 bits per heavy atom. The molecular weight excluding hydrogens is 300 g/mol. The van der Waals surface area contributed by atoms with Crippen molar-refractivity contribution >= 4 is 16.7 Å². The highest BCUT2D eigenvalue weighted by molar-refractivity contribution is 5.85. The van der Waals surface area contributed by atoms with Gasteiger partial charge in [-0.2, -0.15) is 10.5 Å². The molecule has 5 nitrogen and oxygen atoms in total. The minimum Gasteiger partial charge on any atom is -0.494 e. The van der Waals surface area contributed by atoms with Gasteiger partial charge in [0.2, 0.25) is 0 Å². The van der Waals surface area contributed by atoms with Crippen LogP contribution in [0.2, 0.25) is 0 Å². The fourth-order valence-corrected chi connectivity index (χ4v) is 2.41. The maximum absolute atomic E-state index is 9.06. The summed E-state index contributed by atoms with van der Waals surface area (Å²) in [6.45, 7) is 0. The van der Waals surface area contributed by atoms with Crippen LogP contribution in [-0.2, 0) is 4.74 Å². The molecule has 0 saturated heterocycles. The van der Waals surface area contributed by atoms with E-state index in [0.29, 0.717) is 5.56 Å². The van der Waals surface area contributed by atoms with Crippen molar-refractivity contribution in [3.8, 4) is 23.5 Å². The Morgan fingerprint density at radius 2 is 1.79 bits per heavy atom. The minimum atomic E-state index is -0.0715. The first-order chi connectivity index (χ1) is 11.8. The highest BCUT2D eigenvalue weighted by Crippen LogP contribution is 2.25. The Kier molecular flexibility index (Phi) is 4.18. The fraction of sp³-hybridized carbons (Fsp3) is 0.0526. The van der Waals surface area contributed by atoms with E-state index < -0.39 is 0 Å². The summed E-state index contributed by atoms with van der Waals surface area (Å²) in [4.78, 5) is 8.93. The van der Waals surface area contributed by atoms with Crippen LogP contribution in [0.3, 0.4) is 0 Å². The third-order valence-electron chi connectivity index (χ3n) is 3.54. The smallest absolute Gasteiger partial charge is 0.172 e. The van der Waals surface area contributed by atoms with Gasteiger partial charge in [-0.15, -0.1) is 0 Å². The molecule has 0 aliphatic rings. The van der Waals surface area contributed by atoms with E-state index in [4.69, 9.17) is 15.3 Å². The number of ether oxygens (including phenoxy) is 1. The Labute approximate surface area is 139 Å². The van der Waals surface area contributed by atoms with Gasteiger partial charge < -0.3 is 4.74 Å². The van der Waals surface area contributed by atoms with Gasteiger partial charge in [-0.1, -0.05) is 24.3 Å². The highest BCUT2D eigenvalue weighted by atomic mass is 16.5. The topological polar surface area (TPSA) is 82.6 Å². The van der Waals surface area contributed by atoms with Gasteiger partial charge in [-0.25, -0.2) is 4.98 Å².